The Morgan fingerprint density at radius 1 is 0.970 bits per heavy atom. The lowest BCUT2D eigenvalue weighted by molar-refractivity contribution is 0.151. The minimum atomic E-state index is 0.0345. The van der Waals surface area contributed by atoms with Gasteiger partial charge in [0.25, 0.3) is 0 Å². The molecule has 0 aliphatic carbocycles. The van der Waals surface area contributed by atoms with Crippen LogP contribution in [0.15, 0.2) is 73.1 Å². The van der Waals surface area contributed by atoms with E-state index in [-0.39, 0.29) is 6.03 Å². The summed E-state index contributed by atoms with van der Waals surface area (Å²) in [6.07, 6.45) is 4.63. The van der Waals surface area contributed by atoms with Crippen LogP contribution in [0.5, 0.6) is 0 Å². The van der Waals surface area contributed by atoms with Crippen molar-refractivity contribution in [3.63, 3.8) is 0 Å². The van der Waals surface area contributed by atoms with E-state index in [4.69, 9.17) is 23.2 Å². The number of nitrogens with zero attached hydrogens (tertiary/aromatic N) is 4. The molecule has 1 atom stereocenters. The number of rotatable bonds is 7. The molecule has 2 amide bonds. The Balaban J connectivity index is 1.46. The van der Waals surface area contributed by atoms with Gasteiger partial charge in [-0.2, -0.15) is 0 Å². The Hall–Kier alpha value is -2.60. The van der Waals surface area contributed by atoms with E-state index in [1.165, 1.54) is 5.56 Å². The molecule has 0 bridgehead atoms. The average Bonchev–Trinajstić information content (AvgIpc) is 3.29. The third-order valence-corrected chi connectivity index (χ3v) is 6.48. The number of carbonyl (C=O) groups is 1. The highest BCUT2D eigenvalue weighted by Gasteiger charge is 2.31. The fourth-order valence-corrected chi connectivity index (χ4v) is 4.71. The van der Waals surface area contributed by atoms with E-state index < -0.39 is 0 Å². The van der Waals surface area contributed by atoms with Crippen molar-refractivity contribution >= 4 is 29.2 Å². The van der Waals surface area contributed by atoms with Crippen LogP contribution in [0.25, 0.3) is 0 Å². The zero-order valence-corrected chi connectivity index (χ0v) is 20.2. The number of urea groups is 1. The fourth-order valence-electron chi connectivity index (χ4n) is 4.29. The standard InChI is InChI=1S/C26H28Cl2N4O/c1-30(16-22-7-4-11-29-15-22)25-10-12-31(19-25)26(33)32(17-20-5-2-8-23(27)13-20)18-21-6-3-9-24(28)14-21/h2-9,11,13-15,25H,10,12,16-19H2,1H3. The molecule has 33 heavy (non-hydrogen) atoms. The van der Waals surface area contributed by atoms with E-state index in [2.05, 4.69) is 23.0 Å². The molecule has 0 N–H and O–H groups in total. The molecular formula is C26H28Cl2N4O. The number of aromatic nitrogens is 1. The van der Waals surface area contributed by atoms with Crippen molar-refractivity contribution in [3.8, 4) is 0 Å². The first-order valence-corrected chi connectivity index (χ1v) is 11.9. The predicted molar refractivity (Wildman–Crippen MR) is 133 cm³/mol. The van der Waals surface area contributed by atoms with Gasteiger partial charge in [0.15, 0.2) is 0 Å². The van der Waals surface area contributed by atoms with Gasteiger partial charge in [0.05, 0.1) is 0 Å². The van der Waals surface area contributed by atoms with Crippen LogP contribution in [0.1, 0.15) is 23.1 Å². The molecular weight excluding hydrogens is 455 g/mol. The molecule has 0 saturated carbocycles. The Bertz CT molecular complexity index is 1030. The number of hydrogen-bond acceptors (Lipinski definition) is 3. The zero-order chi connectivity index (χ0) is 23.2. The second kappa shape index (κ2) is 11.0. The SMILES string of the molecule is CN(Cc1cccnc1)C1CCN(C(=O)N(Cc2cccc(Cl)c2)Cc2cccc(Cl)c2)C1. The van der Waals surface area contributed by atoms with Crippen LogP contribution in [-0.2, 0) is 19.6 Å². The first-order chi connectivity index (χ1) is 16.0. The number of halogens is 2. The second-order valence-electron chi connectivity index (χ2n) is 8.56. The van der Waals surface area contributed by atoms with Crippen molar-refractivity contribution in [2.45, 2.75) is 32.1 Å². The Morgan fingerprint density at radius 3 is 2.18 bits per heavy atom. The summed E-state index contributed by atoms with van der Waals surface area (Å²) < 4.78 is 0. The number of benzene rings is 2. The van der Waals surface area contributed by atoms with Gasteiger partial charge < -0.3 is 9.80 Å². The fraction of sp³-hybridized carbons (Fsp3) is 0.308. The van der Waals surface area contributed by atoms with Crippen molar-refractivity contribution < 1.29 is 4.79 Å². The van der Waals surface area contributed by atoms with Crippen molar-refractivity contribution in [1.29, 1.82) is 0 Å². The molecule has 0 spiro atoms. The summed E-state index contributed by atoms with van der Waals surface area (Å²) in [5.74, 6) is 0. The summed E-state index contributed by atoms with van der Waals surface area (Å²) in [5, 5.41) is 1.34. The molecule has 1 aliphatic heterocycles. The molecule has 1 aliphatic rings. The quantitative estimate of drug-likeness (QED) is 0.432. The summed E-state index contributed by atoms with van der Waals surface area (Å²) in [5.41, 5.74) is 3.18. The van der Waals surface area contributed by atoms with Crippen LogP contribution in [0.4, 0.5) is 4.79 Å². The molecule has 2 aromatic carbocycles. The topological polar surface area (TPSA) is 39.7 Å². The van der Waals surface area contributed by atoms with E-state index in [9.17, 15) is 4.79 Å². The maximum absolute atomic E-state index is 13.6. The van der Waals surface area contributed by atoms with Gasteiger partial charge >= 0.3 is 6.03 Å². The van der Waals surface area contributed by atoms with Crippen LogP contribution in [0, 0.1) is 0 Å². The maximum Gasteiger partial charge on any atom is 0.320 e. The highest BCUT2D eigenvalue weighted by atomic mass is 35.5. The van der Waals surface area contributed by atoms with E-state index in [1.54, 1.807) is 6.20 Å². The van der Waals surface area contributed by atoms with Gasteiger partial charge in [-0.1, -0.05) is 53.5 Å². The molecule has 1 saturated heterocycles. The molecule has 0 radical (unpaired) electrons. The van der Waals surface area contributed by atoms with Gasteiger partial charge in [-0.3, -0.25) is 9.88 Å². The average molecular weight is 483 g/mol. The summed E-state index contributed by atoms with van der Waals surface area (Å²) in [4.78, 5) is 24.0. The van der Waals surface area contributed by atoms with Crippen molar-refractivity contribution in [2.75, 3.05) is 20.1 Å². The summed E-state index contributed by atoms with van der Waals surface area (Å²) >= 11 is 12.4. The Labute approximate surface area is 205 Å². The minimum absolute atomic E-state index is 0.0345. The smallest absolute Gasteiger partial charge is 0.320 e. The van der Waals surface area contributed by atoms with Gasteiger partial charge in [-0.05, 0) is 60.5 Å². The first-order valence-electron chi connectivity index (χ1n) is 11.1. The lowest BCUT2D eigenvalue weighted by atomic mass is 10.1. The number of carbonyl (C=O) groups excluding carboxylic acids is 1. The number of likely N-dealkylation sites (tertiary alicyclic amines) is 1. The van der Waals surface area contributed by atoms with Gasteiger partial charge in [0.2, 0.25) is 0 Å². The van der Waals surface area contributed by atoms with Crippen LogP contribution in [0.2, 0.25) is 10.0 Å². The van der Waals surface area contributed by atoms with Crippen LogP contribution < -0.4 is 0 Å². The third kappa shape index (κ3) is 6.47. The molecule has 4 rings (SSSR count). The Morgan fingerprint density at radius 2 is 1.61 bits per heavy atom. The minimum Gasteiger partial charge on any atom is -0.323 e. The Kier molecular flexibility index (Phi) is 7.86. The molecule has 1 fully saturated rings. The summed E-state index contributed by atoms with van der Waals surface area (Å²) in [6.45, 7) is 3.23. The normalized spacial score (nSPS) is 15.8. The third-order valence-electron chi connectivity index (χ3n) is 6.01. The van der Waals surface area contributed by atoms with E-state index in [0.717, 1.165) is 30.6 Å². The first kappa shape index (κ1) is 23.6. The number of pyridine rings is 1. The monoisotopic (exact) mass is 482 g/mol. The van der Waals surface area contributed by atoms with Crippen LogP contribution >= 0.6 is 23.2 Å². The van der Waals surface area contributed by atoms with E-state index in [0.29, 0.717) is 35.7 Å². The molecule has 7 heteroatoms. The van der Waals surface area contributed by atoms with Gasteiger partial charge in [0.1, 0.15) is 0 Å². The molecule has 5 nitrogen and oxygen atoms in total. The highest BCUT2D eigenvalue weighted by Crippen LogP contribution is 2.22. The van der Waals surface area contributed by atoms with E-state index >= 15 is 0 Å². The summed E-state index contributed by atoms with van der Waals surface area (Å²) in [6, 6.07) is 19.7. The largest absolute Gasteiger partial charge is 0.323 e. The molecule has 1 unspecified atom stereocenters. The predicted octanol–water partition coefficient (Wildman–Crippen LogP) is 5.72. The van der Waals surface area contributed by atoms with Gasteiger partial charge in [-0.15, -0.1) is 0 Å². The number of amides is 2. The second-order valence-corrected chi connectivity index (χ2v) is 9.44. The van der Waals surface area contributed by atoms with Crippen molar-refractivity contribution in [1.82, 2.24) is 19.7 Å². The number of likely N-dealkylation sites (N-methyl/N-ethyl adjacent to an activating group) is 1. The molecule has 1 aromatic heterocycles. The van der Waals surface area contributed by atoms with E-state index in [1.807, 2.05) is 70.6 Å². The molecule has 2 heterocycles. The molecule has 3 aromatic rings. The van der Waals surface area contributed by atoms with Crippen LogP contribution in [0.3, 0.4) is 0 Å². The zero-order valence-electron chi connectivity index (χ0n) is 18.7. The summed E-state index contributed by atoms with van der Waals surface area (Å²) in [7, 11) is 2.11. The molecule has 172 valence electrons. The van der Waals surface area contributed by atoms with Crippen molar-refractivity contribution in [3.05, 3.63) is 99.8 Å². The lowest BCUT2D eigenvalue weighted by Gasteiger charge is -2.30. The van der Waals surface area contributed by atoms with Gasteiger partial charge in [-0.25, -0.2) is 4.79 Å². The maximum atomic E-state index is 13.6. The highest BCUT2D eigenvalue weighted by molar-refractivity contribution is 6.30. The number of hydrogen-bond donors (Lipinski definition) is 0. The van der Waals surface area contributed by atoms with Crippen LogP contribution in [-0.4, -0.2) is 51.9 Å². The van der Waals surface area contributed by atoms with Crippen molar-refractivity contribution in [2.24, 2.45) is 0 Å². The lowest BCUT2D eigenvalue weighted by Crippen LogP contribution is -2.43. The van der Waals surface area contributed by atoms with Gasteiger partial charge in [0, 0.05) is 61.2 Å².